The molecule has 0 aliphatic heterocycles. The second kappa shape index (κ2) is 10.3. The second-order valence-corrected chi connectivity index (χ2v) is 7.65. The molecular formula is C24H22F3N7O2. The maximum absolute atomic E-state index is 13.7. The topological polar surface area (TPSA) is 106 Å². The molecule has 0 unspecified atom stereocenters. The molecule has 186 valence electrons. The molecular weight excluding hydrogens is 475 g/mol. The summed E-state index contributed by atoms with van der Waals surface area (Å²) < 4.78 is 48.4. The molecule has 36 heavy (non-hydrogen) atoms. The normalized spacial score (nSPS) is 11.1. The zero-order valence-corrected chi connectivity index (χ0v) is 19.3. The summed E-state index contributed by atoms with van der Waals surface area (Å²) >= 11 is 0. The summed E-state index contributed by atoms with van der Waals surface area (Å²) in [6, 6.07) is 11.0. The number of carbonyl (C=O) groups is 1. The van der Waals surface area contributed by atoms with Crippen molar-refractivity contribution < 1.29 is 22.7 Å². The van der Waals surface area contributed by atoms with Crippen LogP contribution in [0.3, 0.4) is 0 Å². The van der Waals surface area contributed by atoms with E-state index >= 15 is 0 Å². The molecule has 0 atom stereocenters. The minimum atomic E-state index is -4.59. The van der Waals surface area contributed by atoms with Gasteiger partial charge in [-0.3, -0.25) is 0 Å². The van der Waals surface area contributed by atoms with Crippen LogP contribution in [-0.2, 0) is 12.7 Å². The number of halogens is 3. The van der Waals surface area contributed by atoms with Gasteiger partial charge in [-0.25, -0.2) is 14.8 Å². The number of hydrogen-bond donors (Lipinski definition) is 3. The highest BCUT2D eigenvalue weighted by Gasteiger charge is 2.33. The van der Waals surface area contributed by atoms with Gasteiger partial charge in [0.25, 0.3) is 0 Å². The SMILES string of the molecule is CNc1nccc(Oc2ccc(NC(=O)Nc3ccc(Cn4ccnc4C)c(C(F)(F)F)c3)cc2)n1. The number of nitrogens with zero attached hydrogens (tertiary/aromatic N) is 4. The molecule has 0 saturated heterocycles. The van der Waals surface area contributed by atoms with Crippen molar-refractivity contribution in [3.8, 4) is 11.6 Å². The van der Waals surface area contributed by atoms with E-state index in [1.54, 1.807) is 61.3 Å². The third kappa shape index (κ3) is 6.09. The number of alkyl halides is 3. The van der Waals surface area contributed by atoms with E-state index in [2.05, 4.69) is 30.9 Å². The molecule has 12 heteroatoms. The summed E-state index contributed by atoms with van der Waals surface area (Å²) in [6.45, 7) is 1.72. The molecule has 0 saturated carbocycles. The largest absolute Gasteiger partial charge is 0.439 e. The van der Waals surface area contributed by atoms with Crippen LogP contribution >= 0.6 is 0 Å². The van der Waals surface area contributed by atoms with E-state index in [0.717, 1.165) is 6.07 Å². The molecule has 3 N–H and O–H groups in total. The lowest BCUT2D eigenvalue weighted by Crippen LogP contribution is -2.20. The van der Waals surface area contributed by atoms with E-state index in [1.165, 1.54) is 18.3 Å². The Morgan fingerprint density at radius 1 is 1.00 bits per heavy atom. The number of rotatable bonds is 7. The highest BCUT2D eigenvalue weighted by Crippen LogP contribution is 2.34. The first kappa shape index (κ1) is 24.5. The Bertz CT molecular complexity index is 1350. The van der Waals surface area contributed by atoms with Crippen LogP contribution in [0.15, 0.2) is 67.1 Å². The maximum atomic E-state index is 13.7. The molecule has 0 aliphatic carbocycles. The van der Waals surface area contributed by atoms with Crippen LogP contribution in [0.4, 0.5) is 35.3 Å². The quantitative estimate of drug-likeness (QED) is 0.310. The minimum absolute atomic E-state index is 0.00680. The number of nitrogens with one attached hydrogen (secondary N) is 3. The average molecular weight is 497 g/mol. The van der Waals surface area contributed by atoms with Crippen LogP contribution in [-0.4, -0.2) is 32.6 Å². The van der Waals surface area contributed by atoms with Crippen LogP contribution in [0.1, 0.15) is 17.0 Å². The number of benzene rings is 2. The first-order valence-electron chi connectivity index (χ1n) is 10.8. The van der Waals surface area contributed by atoms with Crippen LogP contribution in [0.5, 0.6) is 11.6 Å². The van der Waals surface area contributed by atoms with Gasteiger partial charge in [0.2, 0.25) is 11.8 Å². The predicted molar refractivity (Wildman–Crippen MR) is 128 cm³/mol. The lowest BCUT2D eigenvalue weighted by atomic mass is 10.1. The number of urea groups is 1. The van der Waals surface area contributed by atoms with Gasteiger partial charge in [-0.2, -0.15) is 18.2 Å². The molecule has 2 amide bonds. The number of aromatic nitrogens is 4. The van der Waals surface area contributed by atoms with Gasteiger partial charge in [0.15, 0.2) is 0 Å². The summed E-state index contributed by atoms with van der Waals surface area (Å²) in [5.41, 5.74) is -0.339. The van der Waals surface area contributed by atoms with Crippen molar-refractivity contribution in [1.82, 2.24) is 19.5 Å². The van der Waals surface area contributed by atoms with Crippen molar-refractivity contribution in [2.75, 3.05) is 23.0 Å². The second-order valence-electron chi connectivity index (χ2n) is 7.65. The zero-order valence-electron chi connectivity index (χ0n) is 19.3. The molecule has 0 fully saturated rings. The van der Waals surface area contributed by atoms with Crippen molar-refractivity contribution in [1.29, 1.82) is 0 Å². The van der Waals surface area contributed by atoms with Crippen molar-refractivity contribution in [3.63, 3.8) is 0 Å². The lowest BCUT2D eigenvalue weighted by Gasteiger charge is -2.16. The summed E-state index contributed by atoms with van der Waals surface area (Å²) in [6.07, 6.45) is 0.0885. The standard InChI is InChI=1S/C24H22F3N7O2/c1-15-29-11-12-34(15)14-16-3-4-18(13-20(16)24(25,26)27)32-23(35)31-17-5-7-19(8-6-17)36-21-9-10-30-22(28-2)33-21/h3-13H,14H2,1-2H3,(H,28,30,33)(H2,31,32,35). The van der Waals surface area contributed by atoms with Crippen molar-refractivity contribution in [3.05, 3.63) is 84.1 Å². The van der Waals surface area contributed by atoms with Crippen molar-refractivity contribution >= 4 is 23.4 Å². The predicted octanol–water partition coefficient (Wildman–Crippen LogP) is 5.53. The Balaban J connectivity index is 1.41. The van der Waals surface area contributed by atoms with Crippen molar-refractivity contribution in [2.45, 2.75) is 19.6 Å². The molecule has 2 aromatic heterocycles. The van der Waals surface area contributed by atoms with Crippen molar-refractivity contribution in [2.24, 2.45) is 0 Å². The Kier molecular flexibility index (Phi) is 7.04. The average Bonchev–Trinajstić information content (AvgIpc) is 3.25. The maximum Gasteiger partial charge on any atom is 0.416 e. The Labute approximate surface area is 204 Å². The Hall–Kier alpha value is -4.61. The third-order valence-electron chi connectivity index (χ3n) is 5.13. The van der Waals surface area contributed by atoms with E-state index in [0.29, 0.717) is 29.1 Å². The molecule has 2 aromatic carbocycles. The van der Waals surface area contributed by atoms with Gasteiger partial charge in [0, 0.05) is 49.6 Å². The summed E-state index contributed by atoms with van der Waals surface area (Å²) in [4.78, 5) is 24.6. The smallest absolute Gasteiger partial charge is 0.416 e. The van der Waals surface area contributed by atoms with E-state index < -0.39 is 17.8 Å². The van der Waals surface area contributed by atoms with Crippen LogP contribution in [0.25, 0.3) is 0 Å². The molecule has 0 radical (unpaired) electrons. The van der Waals surface area contributed by atoms with Gasteiger partial charge >= 0.3 is 12.2 Å². The minimum Gasteiger partial charge on any atom is -0.439 e. The van der Waals surface area contributed by atoms with Gasteiger partial charge in [-0.15, -0.1) is 0 Å². The summed E-state index contributed by atoms with van der Waals surface area (Å²) in [5.74, 6) is 1.81. The fourth-order valence-electron chi connectivity index (χ4n) is 3.35. The molecule has 0 spiro atoms. The molecule has 0 aliphatic rings. The number of imidazole rings is 1. The van der Waals surface area contributed by atoms with Gasteiger partial charge < -0.3 is 25.3 Å². The first-order valence-corrected chi connectivity index (χ1v) is 10.8. The number of hydrogen-bond acceptors (Lipinski definition) is 6. The Morgan fingerprint density at radius 3 is 2.39 bits per heavy atom. The van der Waals surface area contributed by atoms with E-state index in [1.807, 2.05) is 0 Å². The number of ether oxygens (including phenoxy) is 1. The molecule has 2 heterocycles. The fourth-order valence-corrected chi connectivity index (χ4v) is 3.35. The molecule has 4 aromatic rings. The van der Waals surface area contributed by atoms with Gasteiger partial charge in [-0.05, 0) is 48.9 Å². The van der Waals surface area contributed by atoms with E-state index in [9.17, 15) is 18.0 Å². The zero-order chi connectivity index (χ0) is 25.7. The van der Waals surface area contributed by atoms with Crippen LogP contribution < -0.4 is 20.7 Å². The number of anilines is 3. The summed E-state index contributed by atoms with van der Waals surface area (Å²) in [7, 11) is 1.69. The lowest BCUT2D eigenvalue weighted by molar-refractivity contribution is -0.138. The fraction of sp³-hybridized carbons (Fsp3) is 0.167. The van der Waals surface area contributed by atoms with Crippen LogP contribution in [0, 0.1) is 6.92 Å². The summed E-state index contributed by atoms with van der Waals surface area (Å²) in [5, 5.41) is 7.83. The molecule has 0 bridgehead atoms. The van der Waals surface area contributed by atoms with Gasteiger partial charge in [0.1, 0.15) is 11.6 Å². The van der Waals surface area contributed by atoms with Gasteiger partial charge in [0.05, 0.1) is 5.56 Å². The molecule has 9 nitrogen and oxygen atoms in total. The Morgan fingerprint density at radius 2 is 1.72 bits per heavy atom. The first-order chi connectivity index (χ1) is 17.2. The number of aryl methyl sites for hydroxylation is 1. The third-order valence-corrected chi connectivity index (χ3v) is 5.13. The monoisotopic (exact) mass is 497 g/mol. The highest BCUT2D eigenvalue weighted by atomic mass is 19.4. The highest BCUT2D eigenvalue weighted by molar-refractivity contribution is 5.99. The number of carbonyl (C=O) groups excluding carboxylic acids is 1. The van der Waals surface area contributed by atoms with E-state index in [-0.39, 0.29) is 17.8 Å². The van der Waals surface area contributed by atoms with E-state index in [4.69, 9.17) is 4.74 Å². The van der Waals surface area contributed by atoms with Gasteiger partial charge in [-0.1, -0.05) is 6.07 Å². The van der Waals surface area contributed by atoms with Crippen LogP contribution in [0.2, 0.25) is 0 Å². The molecule has 4 rings (SSSR count). The number of amides is 2.